The maximum atomic E-state index is 5.01. The first-order valence-corrected chi connectivity index (χ1v) is 5.70. The van der Waals surface area contributed by atoms with Crippen molar-refractivity contribution in [1.29, 1.82) is 0 Å². The quantitative estimate of drug-likeness (QED) is 0.743. The zero-order valence-electron chi connectivity index (χ0n) is 10.2. The molecular formula is C11H11N7O. The van der Waals surface area contributed by atoms with Gasteiger partial charge in [-0.15, -0.1) is 0 Å². The molecule has 0 saturated carbocycles. The normalized spacial score (nSPS) is 10.6. The molecule has 96 valence electrons. The van der Waals surface area contributed by atoms with Crippen LogP contribution in [0.3, 0.4) is 0 Å². The van der Waals surface area contributed by atoms with Gasteiger partial charge >= 0.3 is 0 Å². The van der Waals surface area contributed by atoms with Crippen LogP contribution in [0.25, 0.3) is 5.69 Å². The van der Waals surface area contributed by atoms with Crippen LogP contribution in [-0.4, -0.2) is 30.3 Å². The molecule has 8 heteroatoms. The second kappa shape index (κ2) is 4.84. The van der Waals surface area contributed by atoms with Gasteiger partial charge in [0.2, 0.25) is 11.8 Å². The molecule has 0 aliphatic heterocycles. The first-order chi connectivity index (χ1) is 9.33. The fourth-order valence-electron chi connectivity index (χ4n) is 1.61. The van der Waals surface area contributed by atoms with E-state index >= 15 is 0 Å². The van der Waals surface area contributed by atoms with Gasteiger partial charge < -0.3 is 9.84 Å². The summed E-state index contributed by atoms with van der Waals surface area (Å²) >= 11 is 0. The molecule has 2 heterocycles. The van der Waals surface area contributed by atoms with E-state index in [0.29, 0.717) is 24.2 Å². The number of nitrogens with one attached hydrogen (secondary N) is 1. The minimum Gasteiger partial charge on any atom is -0.344 e. The molecule has 3 aromatic rings. The Balaban J connectivity index is 1.77. The average molecular weight is 257 g/mol. The van der Waals surface area contributed by atoms with Crippen LogP contribution < -0.4 is 5.32 Å². The summed E-state index contributed by atoms with van der Waals surface area (Å²) in [6, 6.07) is 9.60. The molecule has 3 rings (SSSR count). The van der Waals surface area contributed by atoms with Gasteiger partial charge in [-0.25, -0.2) is 0 Å². The van der Waals surface area contributed by atoms with Gasteiger partial charge in [0.15, 0.2) is 5.82 Å². The fourth-order valence-corrected chi connectivity index (χ4v) is 1.61. The van der Waals surface area contributed by atoms with Crippen LogP contribution >= 0.6 is 0 Å². The topological polar surface area (TPSA) is 94.5 Å². The standard InChI is InChI=1S/C11H11N7O/c1-8-13-10(19-15-8)7-12-11-14-16-17-18(11)9-5-3-2-4-6-9/h2-6H,7H2,1H3,(H,12,14,17). The van der Waals surface area contributed by atoms with Crippen molar-refractivity contribution in [2.45, 2.75) is 13.5 Å². The first kappa shape index (κ1) is 11.3. The van der Waals surface area contributed by atoms with E-state index in [4.69, 9.17) is 4.52 Å². The molecule has 0 fully saturated rings. The number of hydrogen-bond acceptors (Lipinski definition) is 7. The lowest BCUT2D eigenvalue weighted by Crippen LogP contribution is -2.07. The van der Waals surface area contributed by atoms with E-state index < -0.39 is 0 Å². The predicted octanol–water partition coefficient (Wildman–Crippen LogP) is 0.966. The Bertz CT molecular complexity index is 661. The number of tetrazole rings is 1. The van der Waals surface area contributed by atoms with Gasteiger partial charge in [0.25, 0.3) is 0 Å². The highest BCUT2D eigenvalue weighted by atomic mass is 16.5. The molecule has 0 saturated heterocycles. The molecule has 1 aromatic carbocycles. The van der Waals surface area contributed by atoms with Crippen LogP contribution in [0.5, 0.6) is 0 Å². The van der Waals surface area contributed by atoms with Crippen molar-refractivity contribution in [2.24, 2.45) is 0 Å². The van der Waals surface area contributed by atoms with Gasteiger partial charge in [-0.2, -0.15) is 9.67 Å². The molecule has 0 spiro atoms. The SMILES string of the molecule is Cc1noc(CNc2nnnn2-c2ccccc2)n1. The minimum absolute atomic E-state index is 0.369. The molecule has 1 N–H and O–H groups in total. The van der Waals surface area contributed by atoms with Crippen LogP contribution in [0, 0.1) is 6.92 Å². The minimum atomic E-state index is 0.369. The predicted molar refractivity (Wildman–Crippen MR) is 65.5 cm³/mol. The third kappa shape index (κ3) is 2.41. The Morgan fingerprint density at radius 1 is 1.26 bits per heavy atom. The Morgan fingerprint density at radius 2 is 2.11 bits per heavy atom. The number of nitrogens with zero attached hydrogens (tertiary/aromatic N) is 6. The molecule has 0 amide bonds. The van der Waals surface area contributed by atoms with E-state index in [1.54, 1.807) is 11.6 Å². The fraction of sp³-hybridized carbons (Fsp3) is 0.182. The third-order valence-corrected chi connectivity index (χ3v) is 2.44. The summed E-state index contributed by atoms with van der Waals surface area (Å²) in [5.41, 5.74) is 0.872. The smallest absolute Gasteiger partial charge is 0.248 e. The van der Waals surface area contributed by atoms with Crippen molar-refractivity contribution >= 4 is 5.95 Å². The molecule has 0 aliphatic carbocycles. The second-order valence-corrected chi connectivity index (χ2v) is 3.84. The number of para-hydroxylation sites is 1. The number of aryl methyl sites for hydroxylation is 1. The highest BCUT2D eigenvalue weighted by molar-refractivity contribution is 5.38. The zero-order valence-corrected chi connectivity index (χ0v) is 10.2. The zero-order chi connectivity index (χ0) is 13.1. The summed E-state index contributed by atoms with van der Waals surface area (Å²) < 4.78 is 6.61. The molecule has 0 unspecified atom stereocenters. The Kier molecular flexibility index (Phi) is 2.89. The molecule has 0 radical (unpaired) electrons. The van der Waals surface area contributed by atoms with Crippen LogP contribution in [0.1, 0.15) is 11.7 Å². The van der Waals surface area contributed by atoms with Crippen molar-refractivity contribution in [2.75, 3.05) is 5.32 Å². The summed E-state index contributed by atoms with van der Waals surface area (Å²) in [4.78, 5) is 4.09. The van der Waals surface area contributed by atoms with Crippen molar-refractivity contribution in [1.82, 2.24) is 30.3 Å². The van der Waals surface area contributed by atoms with Gasteiger partial charge in [0.05, 0.1) is 12.2 Å². The lowest BCUT2D eigenvalue weighted by atomic mass is 10.3. The van der Waals surface area contributed by atoms with Gasteiger partial charge in [-0.05, 0) is 29.5 Å². The van der Waals surface area contributed by atoms with Crippen LogP contribution in [-0.2, 0) is 6.54 Å². The molecule has 2 aromatic heterocycles. The molecule has 0 aliphatic rings. The van der Waals surface area contributed by atoms with Crippen molar-refractivity contribution in [3.05, 3.63) is 42.0 Å². The highest BCUT2D eigenvalue weighted by Crippen LogP contribution is 2.11. The van der Waals surface area contributed by atoms with Gasteiger partial charge in [-0.3, -0.25) is 0 Å². The number of anilines is 1. The first-order valence-electron chi connectivity index (χ1n) is 5.70. The van der Waals surface area contributed by atoms with E-state index in [-0.39, 0.29) is 0 Å². The maximum absolute atomic E-state index is 5.01. The van der Waals surface area contributed by atoms with Crippen LogP contribution in [0.15, 0.2) is 34.9 Å². The highest BCUT2D eigenvalue weighted by Gasteiger charge is 2.09. The summed E-state index contributed by atoms with van der Waals surface area (Å²) in [6.45, 7) is 2.13. The molecule has 8 nitrogen and oxygen atoms in total. The monoisotopic (exact) mass is 257 g/mol. The molecular weight excluding hydrogens is 246 g/mol. The summed E-state index contributed by atoms with van der Waals surface area (Å²) in [7, 11) is 0. The van der Waals surface area contributed by atoms with Gasteiger partial charge in [0.1, 0.15) is 0 Å². The Hall–Kier alpha value is -2.77. The molecule has 0 bridgehead atoms. The van der Waals surface area contributed by atoms with Crippen LogP contribution in [0.2, 0.25) is 0 Å². The lowest BCUT2D eigenvalue weighted by molar-refractivity contribution is 0.379. The maximum Gasteiger partial charge on any atom is 0.248 e. The summed E-state index contributed by atoms with van der Waals surface area (Å²) in [5, 5.41) is 18.3. The van der Waals surface area contributed by atoms with E-state index in [1.165, 1.54) is 0 Å². The molecule has 0 atom stereocenters. The summed E-state index contributed by atoms with van der Waals surface area (Å²) in [6.07, 6.45) is 0. The lowest BCUT2D eigenvalue weighted by Gasteiger charge is -2.04. The van der Waals surface area contributed by atoms with Gasteiger partial charge in [-0.1, -0.05) is 28.5 Å². The van der Waals surface area contributed by atoms with Gasteiger partial charge in [0, 0.05) is 0 Å². The van der Waals surface area contributed by atoms with E-state index in [1.807, 2.05) is 30.3 Å². The van der Waals surface area contributed by atoms with E-state index in [9.17, 15) is 0 Å². The molecule has 19 heavy (non-hydrogen) atoms. The third-order valence-electron chi connectivity index (χ3n) is 2.44. The van der Waals surface area contributed by atoms with E-state index in [2.05, 4.69) is 31.0 Å². The second-order valence-electron chi connectivity index (χ2n) is 3.84. The largest absolute Gasteiger partial charge is 0.344 e. The van der Waals surface area contributed by atoms with Crippen molar-refractivity contribution in [3.63, 3.8) is 0 Å². The number of aromatic nitrogens is 6. The number of rotatable bonds is 4. The van der Waals surface area contributed by atoms with Crippen molar-refractivity contribution in [3.8, 4) is 5.69 Å². The van der Waals surface area contributed by atoms with E-state index in [0.717, 1.165) is 5.69 Å². The van der Waals surface area contributed by atoms with Crippen LogP contribution in [0.4, 0.5) is 5.95 Å². The Morgan fingerprint density at radius 3 is 2.84 bits per heavy atom. The number of benzene rings is 1. The Labute approximate surface area is 108 Å². The summed E-state index contributed by atoms with van der Waals surface area (Å²) in [5.74, 6) is 1.60. The average Bonchev–Trinajstić information content (AvgIpc) is 3.06. The van der Waals surface area contributed by atoms with Crippen molar-refractivity contribution < 1.29 is 4.52 Å². The number of hydrogen-bond donors (Lipinski definition) is 1.